The van der Waals surface area contributed by atoms with Crippen LogP contribution in [0, 0.1) is 5.41 Å². The molecule has 3 aromatic carbocycles. The van der Waals surface area contributed by atoms with Gasteiger partial charge in [-0.15, -0.1) is 0 Å². The number of carbonyl (C=O) groups is 1. The Balaban J connectivity index is 1.74. The lowest BCUT2D eigenvalue weighted by molar-refractivity contribution is 0.0527. The Morgan fingerprint density at radius 3 is 2.27 bits per heavy atom. The van der Waals surface area contributed by atoms with Gasteiger partial charge in [-0.25, -0.2) is 18.4 Å². The third-order valence-corrected chi connectivity index (χ3v) is 6.79. The summed E-state index contributed by atoms with van der Waals surface area (Å²) in [5.74, 6) is -0.580. The molecule has 37 heavy (non-hydrogen) atoms. The van der Waals surface area contributed by atoms with Gasteiger partial charge in [-0.1, -0.05) is 42.5 Å². The molecule has 4 rings (SSSR count). The van der Waals surface area contributed by atoms with E-state index in [1.807, 2.05) is 0 Å². The van der Waals surface area contributed by atoms with Gasteiger partial charge in [0, 0.05) is 34.6 Å². The van der Waals surface area contributed by atoms with Crippen molar-refractivity contribution in [3.63, 3.8) is 0 Å². The van der Waals surface area contributed by atoms with Crippen molar-refractivity contribution in [2.45, 2.75) is 18.4 Å². The molecule has 0 amide bonds. The summed E-state index contributed by atoms with van der Waals surface area (Å²) in [5, 5.41) is 23.3. The van der Waals surface area contributed by atoms with Gasteiger partial charge in [-0.3, -0.25) is 5.41 Å². The van der Waals surface area contributed by atoms with Crippen molar-refractivity contribution in [1.29, 1.82) is 5.41 Å². The molecule has 0 saturated carbocycles. The summed E-state index contributed by atoms with van der Waals surface area (Å²) in [6.45, 7) is 2.14. The monoisotopic (exact) mass is 518 g/mol. The summed E-state index contributed by atoms with van der Waals surface area (Å²) in [4.78, 5) is 12.8. The lowest BCUT2D eigenvalue weighted by atomic mass is 10.00. The van der Waals surface area contributed by atoms with Gasteiger partial charge in [0.15, 0.2) is 0 Å². The molecule has 0 fully saturated rings. The molecule has 9 nitrogen and oxygen atoms in total. The predicted octanol–water partition coefficient (Wildman–Crippen LogP) is 3.68. The normalized spacial score (nSPS) is 11.3. The maximum atomic E-state index is 12.7. The Kier molecular flexibility index (Phi) is 7.14. The molecule has 1 heterocycles. The summed E-state index contributed by atoms with van der Waals surface area (Å²) in [6, 6.07) is 18.2. The molecule has 0 unspecified atom stereocenters. The average molecular weight is 519 g/mol. The maximum Gasteiger partial charge on any atom is 0.340 e. The number of nitrogens with one attached hydrogen (secondary N) is 1. The molecule has 0 aliphatic rings. The molecule has 4 aromatic rings. The number of carbonyl (C=O) groups excluding carboxylic acids is 1. The standard InChI is InChI=1S/C27H26N4O5S/c1-2-36-27(33)23-16-31(14-20-13-19(26(28)29)11-12-24(20)32)15-22(23)18-9-7-17(8-10-18)21-5-3-4-6-25(21)37(30,34)35/h3-13,15-16,32H,2,14H2,1H3,(H3,28,29)(H2,30,34,35). The van der Waals surface area contributed by atoms with E-state index in [0.717, 1.165) is 0 Å². The van der Waals surface area contributed by atoms with Crippen molar-refractivity contribution < 1.29 is 23.1 Å². The highest BCUT2D eigenvalue weighted by Gasteiger charge is 2.19. The molecule has 6 N–H and O–H groups in total. The molecule has 0 saturated heterocycles. The molecule has 190 valence electrons. The largest absolute Gasteiger partial charge is 0.508 e. The molecule has 0 atom stereocenters. The van der Waals surface area contributed by atoms with E-state index in [0.29, 0.717) is 38.9 Å². The fraction of sp³-hybridized carbons (Fsp3) is 0.111. The van der Waals surface area contributed by atoms with E-state index in [-0.39, 0.29) is 29.6 Å². The number of aromatic hydroxyl groups is 1. The molecule has 1 aromatic heterocycles. The van der Waals surface area contributed by atoms with Crippen molar-refractivity contribution in [2.75, 3.05) is 6.61 Å². The third kappa shape index (κ3) is 5.55. The zero-order chi connectivity index (χ0) is 26.7. The van der Waals surface area contributed by atoms with Gasteiger partial charge in [0.2, 0.25) is 10.0 Å². The Morgan fingerprint density at radius 1 is 1.00 bits per heavy atom. The highest BCUT2D eigenvalue weighted by Crippen LogP contribution is 2.32. The number of rotatable bonds is 8. The second-order valence-corrected chi connectivity index (χ2v) is 9.88. The summed E-state index contributed by atoms with van der Waals surface area (Å²) in [7, 11) is -3.91. The van der Waals surface area contributed by atoms with E-state index in [4.69, 9.17) is 21.0 Å². The number of nitrogens with zero attached hydrogens (tertiary/aromatic N) is 1. The first-order valence-corrected chi connectivity index (χ1v) is 12.9. The Labute approximate surface area is 214 Å². The topological polar surface area (TPSA) is 161 Å². The minimum atomic E-state index is -3.91. The Bertz CT molecular complexity index is 1590. The molecular weight excluding hydrogens is 492 g/mol. The average Bonchev–Trinajstić information content (AvgIpc) is 3.29. The lowest BCUT2D eigenvalue weighted by Crippen LogP contribution is -2.13. The Morgan fingerprint density at radius 2 is 1.65 bits per heavy atom. The maximum absolute atomic E-state index is 12.7. The van der Waals surface area contributed by atoms with Gasteiger partial charge in [0.05, 0.1) is 23.6 Å². The quantitative estimate of drug-likeness (QED) is 0.158. The molecule has 0 radical (unpaired) electrons. The van der Waals surface area contributed by atoms with Crippen LogP contribution in [0.4, 0.5) is 0 Å². The van der Waals surface area contributed by atoms with E-state index in [9.17, 15) is 18.3 Å². The number of nitrogens with two attached hydrogens (primary N) is 2. The number of phenolic OH excluding ortho intramolecular Hbond substituents is 1. The summed E-state index contributed by atoms with van der Waals surface area (Å²) < 4.78 is 31.0. The number of hydrogen-bond donors (Lipinski definition) is 4. The number of benzene rings is 3. The van der Waals surface area contributed by atoms with Crippen molar-refractivity contribution in [2.24, 2.45) is 10.9 Å². The van der Waals surface area contributed by atoms with Gasteiger partial charge in [-0.2, -0.15) is 0 Å². The minimum Gasteiger partial charge on any atom is -0.508 e. The molecule has 0 aliphatic carbocycles. The summed E-state index contributed by atoms with van der Waals surface area (Å²) in [5.41, 5.74) is 9.35. The van der Waals surface area contributed by atoms with E-state index < -0.39 is 16.0 Å². The molecule has 0 spiro atoms. The predicted molar refractivity (Wildman–Crippen MR) is 141 cm³/mol. The van der Waals surface area contributed by atoms with E-state index >= 15 is 0 Å². The van der Waals surface area contributed by atoms with Crippen molar-refractivity contribution in [3.8, 4) is 28.0 Å². The second kappa shape index (κ2) is 10.3. The smallest absolute Gasteiger partial charge is 0.340 e. The number of ether oxygens (including phenoxy) is 1. The summed E-state index contributed by atoms with van der Waals surface area (Å²) in [6.07, 6.45) is 3.40. The van der Waals surface area contributed by atoms with Crippen LogP contribution in [0.15, 0.2) is 84.0 Å². The SMILES string of the molecule is CCOC(=O)c1cn(Cc2cc(C(=N)N)ccc2O)cc1-c1ccc(-c2ccccc2S(N)(=O)=O)cc1. The molecule has 0 bridgehead atoms. The van der Waals surface area contributed by atoms with Crippen LogP contribution in [0.2, 0.25) is 0 Å². The van der Waals surface area contributed by atoms with Gasteiger partial charge in [-0.05, 0) is 42.3 Å². The molecule has 10 heteroatoms. The fourth-order valence-corrected chi connectivity index (χ4v) is 4.82. The molecular formula is C27H26N4O5S. The van der Waals surface area contributed by atoms with Crippen LogP contribution in [-0.4, -0.2) is 36.5 Å². The highest BCUT2D eigenvalue weighted by molar-refractivity contribution is 7.89. The first-order chi connectivity index (χ1) is 17.6. The number of hydrogen-bond acceptors (Lipinski definition) is 6. The van der Waals surface area contributed by atoms with Crippen LogP contribution >= 0.6 is 0 Å². The first-order valence-electron chi connectivity index (χ1n) is 11.3. The third-order valence-electron chi connectivity index (χ3n) is 5.82. The molecule has 0 aliphatic heterocycles. The van der Waals surface area contributed by atoms with Crippen molar-refractivity contribution >= 4 is 21.8 Å². The van der Waals surface area contributed by atoms with Crippen molar-refractivity contribution in [3.05, 3.63) is 95.8 Å². The fourth-order valence-electron chi connectivity index (χ4n) is 4.06. The number of phenols is 1. The van der Waals surface area contributed by atoms with E-state index in [1.54, 1.807) is 78.5 Å². The minimum absolute atomic E-state index is 0.0220. The second-order valence-electron chi connectivity index (χ2n) is 8.35. The first kappa shape index (κ1) is 25.7. The van der Waals surface area contributed by atoms with Crippen LogP contribution < -0.4 is 10.9 Å². The lowest BCUT2D eigenvalue weighted by Gasteiger charge is -2.09. The zero-order valence-electron chi connectivity index (χ0n) is 20.0. The highest BCUT2D eigenvalue weighted by atomic mass is 32.2. The van der Waals surface area contributed by atoms with Gasteiger partial charge in [0.1, 0.15) is 11.6 Å². The number of sulfonamides is 1. The van der Waals surface area contributed by atoms with Crippen LogP contribution in [0.3, 0.4) is 0 Å². The number of amidine groups is 1. The van der Waals surface area contributed by atoms with Crippen LogP contribution in [0.5, 0.6) is 5.75 Å². The van der Waals surface area contributed by atoms with Crippen LogP contribution in [0.25, 0.3) is 22.3 Å². The zero-order valence-corrected chi connectivity index (χ0v) is 20.8. The van der Waals surface area contributed by atoms with Crippen LogP contribution in [0.1, 0.15) is 28.4 Å². The van der Waals surface area contributed by atoms with Gasteiger partial charge < -0.3 is 20.1 Å². The van der Waals surface area contributed by atoms with Gasteiger partial charge >= 0.3 is 5.97 Å². The Hall–Kier alpha value is -4.41. The summed E-state index contributed by atoms with van der Waals surface area (Å²) >= 11 is 0. The van der Waals surface area contributed by atoms with Crippen molar-refractivity contribution in [1.82, 2.24) is 4.57 Å². The number of nitrogen functional groups attached to an aromatic ring is 1. The van der Waals surface area contributed by atoms with Gasteiger partial charge in [0.25, 0.3) is 0 Å². The van der Waals surface area contributed by atoms with Crippen LogP contribution in [-0.2, 0) is 21.3 Å². The van der Waals surface area contributed by atoms with E-state index in [2.05, 4.69) is 0 Å². The number of aromatic nitrogens is 1. The van der Waals surface area contributed by atoms with E-state index in [1.165, 1.54) is 12.1 Å². The number of esters is 1. The number of primary sulfonamides is 1.